The molecule has 1 atom stereocenters. The van der Waals surface area contributed by atoms with E-state index in [1.165, 1.54) is 6.08 Å². The summed E-state index contributed by atoms with van der Waals surface area (Å²) in [6.45, 7) is 1.69. The smallest absolute Gasteiger partial charge is 0.317 e. The van der Waals surface area contributed by atoms with Gasteiger partial charge in [-0.05, 0) is 68.5 Å². The second kappa shape index (κ2) is 8.22. The fraction of sp³-hybridized carbons (Fsp3) is 0.400. The second-order valence-corrected chi connectivity index (χ2v) is 9.44. The number of nitrogens with zero attached hydrogens (tertiary/aromatic N) is 2. The highest BCUT2D eigenvalue weighted by atomic mass is 16.4. The van der Waals surface area contributed by atoms with Crippen LogP contribution in [0.4, 0.5) is 0 Å². The summed E-state index contributed by atoms with van der Waals surface area (Å²) in [7, 11) is 0. The Bertz CT molecular complexity index is 1210. The number of piperidine rings is 1. The van der Waals surface area contributed by atoms with Crippen molar-refractivity contribution < 1.29 is 29.1 Å². The number of likely N-dealkylation sites (tertiary alicyclic amines) is 1. The molecule has 5 rings (SSSR count). The molecule has 1 unspecified atom stereocenters. The minimum Gasteiger partial charge on any atom is -0.480 e. The second-order valence-electron chi connectivity index (χ2n) is 9.44. The standard InChI is InChI=1S/C25H23N3O6/c29-20-6-5-19(22(32)26-20)28-23(33)17-4-3-15(11-18(17)24(28)34)1-2-16-12-25(13-16)7-9-27(10-8-25)14-21(30)31/h3-6,11,16,19H,7-10,12-14H2,(H,30,31)(H,26,29,32). The number of fused-ring (bicyclic) bond motifs is 1. The van der Waals surface area contributed by atoms with Gasteiger partial charge in [0.15, 0.2) is 0 Å². The van der Waals surface area contributed by atoms with Crippen molar-refractivity contribution >= 4 is 29.6 Å². The molecule has 1 aromatic carbocycles. The normalized spacial score (nSPS) is 23.9. The van der Waals surface area contributed by atoms with Gasteiger partial charge in [-0.15, -0.1) is 0 Å². The van der Waals surface area contributed by atoms with Crippen LogP contribution in [0.2, 0.25) is 0 Å². The summed E-state index contributed by atoms with van der Waals surface area (Å²) in [4.78, 5) is 62.8. The molecule has 174 valence electrons. The van der Waals surface area contributed by atoms with Gasteiger partial charge in [0.05, 0.1) is 17.7 Å². The van der Waals surface area contributed by atoms with Gasteiger partial charge in [0.2, 0.25) is 5.91 Å². The number of benzene rings is 1. The van der Waals surface area contributed by atoms with Gasteiger partial charge in [-0.3, -0.25) is 39.1 Å². The molecule has 9 nitrogen and oxygen atoms in total. The minimum atomic E-state index is -1.16. The number of rotatable bonds is 3. The maximum absolute atomic E-state index is 12.9. The Hall–Kier alpha value is -3.77. The molecule has 1 saturated heterocycles. The number of aliphatic carboxylic acids is 1. The van der Waals surface area contributed by atoms with Gasteiger partial charge in [0.1, 0.15) is 6.04 Å². The maximum Gasteiger partial charge on any atom is 0.317 e. The zero-order valence-electron chi connectivity index (χ0n) is 18.4. The van der Waals surface area contributed by atoms with Crippen molar-refractivity contribution in [2.75, 3.05) is 19.6 Å². The molecule has 0 radical (unpaired) electrons. The number of carboxylic acid groups (broad SMARTS) is 1. The molecule has 1 aromatic rings. The lowest BCUT2D eigenvalue weighted by Crippen LogP contribution is -2.51. The third-order valence-electron chi connectivity index (χ3n) is 7.20. The molecular weight excluding hydrogens is 438 g/mol. The Morgan fingerprint density at radius 1 is 1.09 bits per heavy atom. The van der Waals surface area contributed by atoms with Crippen LogP contribution < -0.4 is 5.32 Å². The molecule has 34 heavy (non-hydrogen) atoms. The van der Waals surface area contributed by atoms with Crippen molar-refractivity contribution in [3.8, 4) is 11.8 Å². The predicted octanol–water partition coefficient (Wildman–Crippen LogP) is 0.792. The summed E-state index contributed by atoms with van der Waals surface area (Å²) in [5, 5.41) is 11.0. The van der Waals surface area contributed by atoms with Crippen molar-refractivity contribution in [3.63, 3.8) is 0 Å². The van der Waals surface area contributed by atoms with E-state index in [1.54, 1.807) is 18.2 Å². The highest BCUT2D eigenvalue weighted by Crippen LogP contribution is 2.52. The monoisotopic (exact) mass is 461 g/mol. The summed E-state index contributed by atoms with van der Waals surface area (Å²) in [6.07, 6.45) is 6.32. The van der Waals surface area contributed by atoms with E-state index < -0.39 is 35.6 Å². The Morgan fingerprint density at radius 3 is 2.47 bits per heavy atom. The summed E-state index contributed by atoms with van der Waals surface area (Å²) < 4.78 is 0. The van der Waals surface area contributed by atoms with E-state index in [-0.39, 0.29) is 29.0 Å². The van der Waals surface area contributed by atoms with Crippen LogP contribution in [0.15, 0.2) is 30.4 Å². The Morgan fingerprint density at radius 2 is 1.79 bits per heavy atom. The average molecular weight is 461 g/mol. The molecule has 4 aliphatic rings. The quantitative estimate of drug-likeness (QED) is 0.504. The van der Waals surface area contributed by atoms with Gasteiger partial charge in [-0.25, -0.2) is 0 Å². The molecule has 0 aromatic heterocycles. The molecule has 1 spiro atoms. The number of nitrogens with one attached hydrogen (secondary N) is 1. The molecule has 2 fully saturated rings. The van der Waals surface area contributed by atoms with Crippen LogP contribution in [0, 0.1) is 23.2 Å². The molecule has 4 amide bonds. The molecule has 1 saturated carbocycles. The summed E-state index contributed by atoms with van der Waals surface area (Å²) in [5.41, 5.74) is 1.29. The van der Waals surface area contributed by atoms with Crippen LogP contribution in [0.25, 0.3) is 0 Å². The van der Waals surface area contributed by atoms with Crippen LogP contribution in [0.5, 0.6) is 0 Å². The van der Waals surface area contributed by atoms with Crippen molar-refractivity contribution in [3.05, 3.63) is 47.0 Å². The SMILES string of the molecule is O=C(O)CN1CCC2(CC1)CC(C#Cc1ccc3c(c1)C(=O)N(C1C=CC(=O)NC1=O)C3=O)C2. The first-order valence-corrected chi connectivity index (χ1v) is 11.3. The highest BCUT2D eigenvalue weighted by molar-refractivity contribution is 6.24. The lowest BCUT2D eigenvalue weighted by Gasteiger charge is -2.50. The Balaban J connectivity index is 1.24. The molecule has 0 bridgehead atoms. The van der Waals surface area contributed by atoms with E-state index >= 15 is 0 Å². The summed E-state index contributed by atoms with van der Waals surface area (Å²) in [5.74, 6) is 3.40. The topological polar surface area (TPSA) is 124 Å². The van der Waals surface area contributed by atoms with E-state index in [2.05, 4.69) is 17.2 Å². The molecule has 2 N–H and O–H groups in total. The third-order valence-corrected chi connectivity index (χ3v) is 7.20. The van der Waals surface area contributed by atoms with Crippen molar-refractivity contribution in [2.45, 2.75) is 31.7 Å². The average Bonchev–Trinajstić information content (AvgIpc) is 3.01. The number of carbonyl (C=O) groups is 5. The molecule has 9 heteroatoms. The Kier molecular flexibility index (Phi) is 5.33. The fourth-order valence-corrected chi connectivity index (χ4v) is 5.35. The molecule has 3 heterocycles. The fourth-order valence-electron chi connectivity index (χ4n) is 5.35. The first-order chi connectivity index (χ1) is 16.2. The third kappa shape index (κ3) is 3.90. The predicted molar refractivity (Wildman–Crippen MR) is 118 cm³/mol. The summed E-state index contributed by atoms with van der Waals surface area (Å²) in [6, 6.07) is 3.67. The number of carboxylic acids is 1. The van der Waals surface area contributed by atoms with E-state index in [4.69, 9.17) is 5.11 Å². The number of hydrogen-bond donors (Lipinski definition) is 2. The van der Waals surface area contributed by atoms with Crippen LogP contribution in [0.1, 0.15) is 52.0 Å². The highest BCUT2D eigenvalue weighted by Gasteiger charge is 2.45. The van der Waals surface area contributed by atoms with Crippen LogP contribution in [-0.2, 0) is 14.4 Å². The lowest BCUT2D eigenvalue weighted by molar-refractivity contribution is -0.139. The number of imide groups is 2. The maximum atomic E-state index is 12.9. The molecule has 1 aliphatic carbocycles. The number of amides is 4. The molecular formula is C25H23N3O6. The summed E-state index contributed by atoms with van der Waals surface area (Å²) >= 11 is 0. The van der Waals surface area contributed by atoms with E-state index in [0.29, 0.717) is 5.56 Å². The van der Waals surface area contributed by atoms with E-state index in [1.807, 2.05) is 4.90 Å². The Labute approximate surface area is 195 Å². The minimum absolute atomic E-state index is 0.0934. The van der Waals surface area contributed by atoms with Gasteiger partial charge in [0, 0.05) is 17.6 Å². The van der Waals surface area contributed by atoms with E-state index in [9.17, 15) is 24.0 Å². The van der Waals surface area contributed by atoms with Crippen LogP contribution in [-0.4, -0.2) is 70.2 Å². The number of hydrogen-bond acceptors (Lipinski definition) is 6. The first-order valence-electron chi connectivity index (χ1n) is 11.3. The molecule has 3 aliphatic heterocycles. The van der Waals surface area contributed by atoms with Gasteiger partial charge >= 0.3 is 5.97 Å². The van der Waals surface area contributed by atoms with Gasteiger partial charge in [0.25, 0.3) is 17.7 Å². The van der Waals surface area contributed by atoms with Crippen molar-refractivity contribution in [2.24, 2.45) is 11.3 Å². The van der Waals surface area contributed by atoms with Gasteiger partial charge < -0.3 is 5.11 Å². The van der Waals surface area contributed by atoms with Gasteiger partial charge in [-0.1, -0.05) is 11.8 Å². The van der Waals surface area contributed by atoms with E-state index in [0.717, 1.165) is 49.7 Å². The first kappa shape index (κ1) is 22.0. The van der Waals surface area contributed by atoms with Crippen molar-refractivity contribution in [1.82, 2.24) is 15.1 Å². The van der Waals surface area contributed by atoms with Gasteiger partial charge in [-0.2, -0.15) is 0 Å². The van der Waals surface area contributed by atoms with Crippen LogP contribution in [0.3, 0.4) is 0 Å². The van der Waals surface area contributed by atoms with Crippen LogP contribution >= 0.6 is 0 Å². The zero-order valence-corrected chi connectivity index (χ0v) is 18.4. The zero-order chi connectivity index (χ0) is 24.0. The van der Waals surface area contributed by atoms with Crippen molar-refractivity contribution in [1.29, 1.82) is 0 Å². The lowest BCUT2D eigenvalue weighted by atomic mass is 9.58. The number of carbonyl (C=O) groups excluding carboxylic acids is 4. The largest absolute Gasteiger partial charge is 0.480 e.